The van der Waals surface area contributed by atoms with Crippen LogP contribution in [0.4, 0.5) is 0 Å². The van der Waals surface area contributed by atoms with E-state index in [1.807, 2.05) is 18.2 Å². The third kappa shape index (κ3) is 5.14. The van der Waals surface area contributed by atoms with E-state index in [-0.39, 0.29) is 29.9 Å². The molecule has 1 heterocycles. The quantitative estimate of drug-likeness (QED) is 0.792. The van der Waals surface area contributed by atoms with Crippen LogP contribution in [0.1, 0.15) is 37.8 Å². The summed E-state index contributed by atoms with van der Waals surface area (Å²) in [5.41, 5.74) is 0.737. The molecule has 1 aromatic heterocycles. The molecule has 3 rings (SSSR count). The van der Waals surface area contributed by atoms with Crippen molar-refractivity contribution in [2.24, 2.45) is 0 Å². The first kappa shape index (κ1) is 19.5. The zero-order valence-electron chi connectivity index (χ0n) is 15.3. The molecule has 0 aliphatic heterocycles. The summed E-state index contributed by atoms with van der Waals surface area (Å²) in [4.78, 5) is 16.9. The van der Waals surface area contributed by atoms with Crippen molar-refractivity contribution in [1.29, 1.82) is 0 Å². The highest BCUT2D eigenvalue weighted by Crippen LogP contribution is 2.27. The van der Waals surface area contributed by atoms with Gasteiger partial charge in [0.25, 0.3) is 0 Å². The molecule has 0 radical (unpaired) electrons. The minimum absolute atomic E-state index is 0.135. The standard InChI is InChI=1S/C20H25N3O3S/c24-20(22-15-17-9-7-8-14-21-17)16-23(18-10-3-1-4-11-18)27(25,26)19-12-5-2-6-13-19/h2,5-9,12-14,18H,1,3-4,10-11,15-16H2,(H,22,24). The van der Waals surface area contributed by atoms with Gasteiger partial charge in [0.15, 0.2) is 0 Å². The molecule has 7 heteroatoms. The lowest BCUT2D eigenvalue weighted by atomic mass is 9.95. The molecule has 1 amide bonds. The Kier molecular flexibility index (Phi) is 6.58. The number of aromatic nitrogens is 1. The maximum Gasteiger partial charge on any atom is 0.243 e. The first-order chi connectivity index (χ1) is 13.1. The third-order valence-corrected chi connectivity index (χ3v) is 6.74. The summed E-state index contributed by atoms with van der Waals surface area (Å²) < 4.78 is 27.7. The predicted molar refractivity (Wildman–Crippen MR) is 103 cm³/mol. The van der Waals surface area contributed by atoms with Crippen LogP contribution in [0.2, 0.25) is 0 Å². The van der Waals surface area contributed by atoms with Gasteiger partial charge in [-0.25, -0.2) is 8.42 Å². The SMILES string of the molecule is O=C(CN(C1CCCCC1)S(=O)(=O)c1ccccc1)NCc1ccccn1. The average molecular weight is 388 g/mol. The van der Waals surface area contributed by atoms with Crippen molar-refractivity contribution >= 4 is 15.9 Å². The lowest BCUT2D eigenvalue weighted by Gasteiger charge is -2.33. The van der Waals surface area contributed by atoms with E-state index in [4.69, 9.17) is 0 Å². The molecular formula is C20H25N3O3S. The van der Waals surface area contributed by atoms with Crippen LogP contribution < -0.4 is 5.32 Å². The topological polar surface area (TPSA) is 79.4 Å². The molecule has 0 atom stereocenters. The van der Waals surface area contributed by atoms with Gasteiger partial charge in [-0.05, 0) is 37.1 Å². The molecule has 0 bridgehead atoms. The summed E-state index contributed by atoms with van der Waals surface area (Å²) in [5.74, 6) is -0.314. The molecule has 1 fully saturated rings. The number of amides is 1. The number of hydrogen-bond acceptors (Lipinski definition) is 4. The van der Waals surface area contributed by atoms with Crippen LogP contribution >= 0.6 is 0 Å². The zero-order valence-corrected chi connectivity index (χ0v) is 16.1. The molecule has 2 aromatic rings. The van der Waals surface area contributed by atoms with Crippen LogP contribution in [0.15, 0.2) is 59.6 Å². The Morgan fingerprint density at radius 2 is 1.74 bits per heavy atom. The van der Waals surface area contributed by atoms with E-state index < -0.39 is 10.0 Å². The average Bonchev–Trinajstić information content (AvgIpc) is 2.72. The number of hydrogen-bond donors (Lipinski definition) is 1. The van der Waals surface area contributed by atoms with Gasteiger partial charge in [-0.3, -0.25) is 9.78 Å². The molecule has 0 saturated heterocycles. The maximum absolute atomic E-state index is 13.2. The summed E-state index contributed by atoms with van der Waals surface area (Å²) in [6, 6.07) is 13.7. The second kappa shape index (κ2) is 9.10. The molecule has 1 aliphatic rings. The number of carbonyl (C=O) groups is 1. The Morgan fingerprint density at radius 3 is 2.41 bits per heavy atom. The summed E-state index contributed by atoms with van der Waals surface area (Å²) >= 11 is 0. The fraction of sp³-hybridized carbons (Fsp3) is 0.400. The third-order valence-electron chi connectivity index (χ3n) is 4.82. The second-order valence-electron chi connectivity index (χ2n) is 6.75. The first-order valence-corrected chi connectivity index (χ1v) is 10.7. The van der Waals surface area contributed by atoms with Gasteiger partial charge < -0.3 is 5.32 Å². The maximum atomic E-state index is 13.2. The van der Waals surface area contributed by atoms with Crippen molar-refractivity contribution in [3.8, 4) is 0 Å². The minimum Gasteiger partial charge on any atom is -0.349 e. The fourth-order valence-electron chi connectivity index (χ4n) is 3.40. The number of rotatable bonds is 7. The number of benzene rings is 1. The van der Waals surface area contributed by atoms with E-state index in [2.05, 4.69) is 10.3 Å². The number of sulfonamides is 1. The molecule has 1 aliphatic carbocycles. The lowest BCUT2D eigenvalue weighted by Crippen LogP contribution is -2.46. The number of nitrogens with one attached hydrogen (secondary N) is 1. The van der Waals surface area contributed by atoms with E-state index in [1.165, 1.54) is 4.31 Å². The van der Waals surface area contributed by atoms with Crippen molar-refractivity contribution < 1.29 is 13.2 Å². The van der Waals surface area contributed by atoms with Crippen molar-refractivity contribution in [3.63, 3.8) is 0 Å². The number of pyridine rings is 1. The minimum atomic E-state index is -3.72. The number of nitrogens with zero attached hydrogens (tertiary/aromatic N) is 2. The molecule has 1 saturated carbocycles. The van der Waals surface area contributed by atoms with Crippen LogP contribution in [0.5, 0.6) is 0 Å². The van der Waals surface area contributed by atoms with Crippen molar-refractivity contribution in [1.82, 2.24) is 14.6 Å². The van der Waals surface area contributed by atoms with Gasteiger partial charge in [-0.15, -0.1) is 0 Å². The lowest BCUT2D eigenvalue weighted by molar-refractivity contribution is -0.121. The summed E-state index contributed by atoms with van der Waals surface area (Å²) in [7, 11) is -3.72. The summed E-state index contributed by atoms with van der Waals surface area (Å²) in [6.07, 6.45) is 6.33. The van der Waals surface area contributed by atoms with E-state index >= 15 is 0 Å². The molecule has 0 spiro atoms. The Hall–Kier alpha value is -2.25. The van der Waals surface area contributed by atoms with Gasteiger partial charge >= 0.3 is 0 Å². The molecule has 27 heavy (non-hydrogen) atoms. The van der Waals surface area contributed by atoms with Crippen LogP contribution in [-0.2, 0) is 21.4 Å². The van der Waals surface area contributed by atoms with Crippen molar-refractivity contribution in [2.75, 3.05) is 6.54 Å². The molecule has 144 valence electrons. The van der Waals surface area contributed by atoms with Gasteiger partial charge in [-0.1, -0.05) is 43.5 Å². The van der Waals surface area contributed by atoms with Crippen molar-refractivity contribution in [3.05, 3.63) is 60.4 Å². The zero-order chi connectivity index (χ0) is 19.1. The molecule has 1 N–H and O–H groups in total. The Labute approximate surface area is 160 Å². The van der Waals surface area contributed by atoms with Gasteiger partial charge in [0.1, 0.15) is 0 Å². The van der Waals surface area contributed by atoms with Crippen molar-refractivity contribution in [2.45, 2.75) is 49.6 Å². The molecule has 6 nitrogen and oxygen atoms in total. The predicted octanol–water partition coefficient (Wildman–Crippen LogP) is 2.72. The Bertz CT molecular complexity index is 835. The molecular weight excluding hydrogens is 362 g/mol. The first-order valence-electron chi connectivity index (χ1n) is 9.31. The Morgan fingerprint density at radius 1 is 1.04 bits per heavy atom. The van der Waals surface area contributed by atoms with E-state index in [1.54, 1.807) is 36.5 Å². The highest BCUT2D eigenvalue weighted by molar-refractivity contribution is 7.89. The van der Waals surface area contributed by atoms with Crippen LogP contribution in [0, 0.1) is 0 Å². The monoisotopic (exact) mass is 387 g/mol. The summed E-state index contributed by atoms with van der Waals surface area (Å²) in [5, 5.41) is 2.78. The Balaban J connectivity index is 1.74. The van der Waals surface area contributed by atoms with Gasteiger partial charge in [0.05, 0.1) is 23.7 Å². The smallest absolute Gasteiger partial charge is 0.243 e. The van der Waals surface area contributed by atoms with Crippen LogP contribution in [0.25, 0.3) is 0 Å². The summed E-state index contributed by atoms with van der Waals surface area (Å²) in [6.45, 7) is 0.109. The second-order valence-corrected chi connectivity index (χ2v) is 8.64. The van der Waals surface area contributed by atoms with Gasteiger partial charge in [0, 0.05) is 12.2 Å². The van der Waals surface area contributed by atoms with E-state index in [0.717, 1.165) is 37.8 Å². The highest BCUT2D eigenvalue weighted by Gasteiger charge is 2.33. The normalized spacial score (nSPS) is 15.6. The highest BCUT2D eigenvalue weighted by atomic mass is 32.2. The van der Waals surface area contributed by atoms with Gasteiger partial charge in [-0.2, -0.15) is 4.31 Å². The van der Waals surface area contributed by atoms with Gasteiger partial charge in [0.2, 0.25) is 15.9 Å². The van der Waals surface area contributed by atoms with E-state index in [9.17, 15) is 13.2 Å². The largest absolute Gasteiger partial charge is 0.349 e. The van der Waals surface area contributed by atoms with Crippen LogP contribution in [-0.4, -0.2) is 36.2 Å². The fourth-order valence-corrected chi connectivity index (χ4v) is 5.06. The van der Waals surface area contributed by atoms with Crippen LogP contribution in [0.3, 0.4) is 0 Å². The molecule has 0 unspecified atom stereocenters. The van der Waals surface area contributed by atoms with E-state index in [0.29, 0.717) is 0 Å². The molecule has 1 aromatic carbocycles. The number of carbonyl (C=O) groups excluding carboxylic acids is 1.